The minimum absolute atomic E-state index is 0.0554. The SMILES string of the molecule is CC(O)C(N)C(=S)NN(C)CC(CC(N)=O)NC(=O)NC(CO)C(=O)O. The molecule has 0 aliphatic rings. The Labute approximate surface area is 155 Å². The van der Waals surface area contributed by atoms with Gasteiger partial charge in [-0.15, -0.1) is 0 Å². The van der Waals surface area contributed by atoms with Gasteiger partial charge in [-0.05, 0) is 6.92 Å². The maximum atomic E-state index is 11.8. The highest BCUT2D eigenvalue weighted by Crippen LogP contribution is 1.97. The second-order valence-corrected chi connectivity index (χ2v) is 6.12. The van der Waals surface area contributed by atoms with Gasteiger partial charge in [0.05, 0.1) is 24.8 Å². The molecule has 12 nitrogen and oxygen atoms in total. The van der Waals surface area contributed by atoms with Crippen LogP contribution in [-0.4, -0.2) is 87.7 Å². The first-order valence-corrected chi connectivity index (χ1v) is 8.03. The minimum atomic E-state index is -1.49. The van der Waals surface area contributed by atoms with Crippen molar-refractivity contribution in [3.8, 4) is 0 Å². The maximum absolute atomic E-state index is 11.8. The number of aliphatic hydroxyl groups is 2. The van der Waals surface area contributed by atoms with Gasteiger partial charge in [0.15, 0.2) is 6.04 Å². The van der Waals surface area contributed by atoms with Gasteiger partial charge in [-0.2, -0.15) is 0 Å². The Morgan fingerprint density at radius 2 is 1.85 bits per heavy atom. The number of nitrogens with zero attached hydrogens (tertiary/aromatic N) is 1. The molecule has 10 N–H and O–H groups in total. The van der Waals surface area contributed by atoms with E-state index in [0.29, 0.717) is 0 Å². The highest BCUT2D eigenvalue weighted by atomic mass is 32.1. The molecule has 0 saturated carbocycles. The number of amides is 3. The molecule has 4 atom stereocenters. The van der Waals surface area contributed by atoms with Crippen molar-refractivity contribution < 1.29 is 29.7 Å². The third-order valence-corrected chi connectivity index (χ3v) is 3.55. The van der Waals surface area contributed by atoms with Gasteiger partial charge in [0, 0.05) is 20.0 Å². The monoisotopic (exact) mass is 394 g/mol. The number of hydrogen-bond acceptors (Lipinski definition) is 8. The normalized spacial score (nSPS) is 15.5. The Balaban J connectivity index is 4.78. The molecule has 0 aromatic rings. The van der Waals surface area contributed by atoms with E-state index in [0.717, 1.165) is 0 Å². The molecule has 3 amide bonds. The molecule has 0 rings (SSSR count). The van der Waals surface area contributed by atoms with Crippen molar-refractivity contribution in [2.45, 2.75) is 37.6 Å². The van der Waals surface area contributed by atoms with E-state index in [1.54, 1.807) is 7.05 Å². The molecular weight excluding hydrogens is 368 g/mol. The van der Waals surface area contributed by atoms with Gasteiger partial charge in [0.25, 0.3) is 0 Å². The molecule has 0 heterocycles. The van der Waals surface area contributed by atoms with Gasteiger partial charge < -0.3 is 42.8 Å². The van der Waals surface area contributed by atoms with Crippen molar-refractivity contribution in [3.05, 3.63) is 0 Å². The number of thiocarbonyl (C=S) groups is 1. The molecule has 150 valence electrons. The highest BCUT2D eigenvalue weighted by molar-refractivity contribution is 7.80. The molecule has 0 aromatic carbocycles. The summed E-state index contributed by atoms with van der Waals surface area (Å²) in [6.07, 6.45) is -1.11. The molecule has 26 heavy (non-hydrogen) atoms. The van der Waals surface area contributed by atoms with Gasteiger partial charge in [0.1, 0.15) is 4.99 Å². The fourth-order valence-corrected chi connectivity index (χ4v) is 2.19. The lowest BCUT2D eigenvalue weighted by Gasteiger charge is -2.28. The second-order valence-electron chi connectivity index (χ2n) is 5.68. The Morgan fingerprint density at radius 3 is 2.27 bits per heavy atom. The first kappa shape index (κ1) is 23.9. The summed E-state index contributed by atoms with van der Waals surface area (Å²) in [6.45, 7) is 0.733. The number of carbonyl (C=O) groups is 3. The van der Waals surface area contributed by atoms with Gasteiger partial charge >= 0.3 is 12.0 Å². The topological polar surface area (TPSA) is 203 Å². The number of aliphatic carboxylic acids is 1. The number of primary amides is 1. The van der Waals surface area contributed by atoms with E-state index in [1.165, 1.54) is 11.9 Å². The van der Waals surface area contributed by atoms with Gasteiger partial charge in [-0.3, -0.25) is 4.79 Å². The lowest BCUT2D eigenvalue weighted by molar-refractivity contribution is -0.140. The number of nitrogens with two attached hydrogens (primary N) is 2. The van der Waals surface area contributed by atoms with Gasteiger partial charge in [-0.1, -0.05) is 12.2 Å². The molecular formula is C13H26N6O6S. The van der Waals surface area contributed by atoms with Crippen LogP contribution in [0.3, 0.4) is 0 Å². The largest absolute Gasteiger partial charge is 0.480 e. The summed E-state index contributed by atoms with van der Waals surface area (Å²) in [5.41, 5.74) is 13.6. The van der Waals surface area contributed by atoms with E-state index in [1.807, 2.05) is 5.32 Å². The molecule has 0 spiro atoms. The smallest absolute Gasteiger partial charge is 0.328 e. The average Bonchev–Trinajstić information content (AvgIpc) is 2.50. The number of aliphatic hydroxyl groups excluding tert-OH is 2. The molecule has 4 unspecified atom stereocenters. The van der Waals surface area contributed by atoms with Crippen molar-refractivity contribution in [1.82, 2.24) is 21.1 Å². The Morgan fingerprint density at radius 1 is 1.27 bits per heavy atom. The molecule has 0 aromatic heterocycles. The fourth-order valence-electron chi connectivity index (χ4n) is 1.83. The molecule has 0 aliphatic heterocycles. The van der Waals surface area contributed by atoms with Crippen molar-refractivity contribution in [3.63, 3.8) is 0 Å². The number of hydrazine groups is 1. The third-order valence-electron chi connectivity index (χ3n) is 3.19. The predicted octanol–water partition coefficient (Wildman–Crippen LogP) is -3.55. The maximum Gasteiger partial charge on any atom is 0.328 e. The summed E-state index contributed by atoms with van der Waals surface area (Å²) in [5, 5.41) is 33.0. The Hall–Kier alpha value is -2.06. The van der Waals surface area contributed by atoms with Crippen LogP contribution in [0, 0.1) is 0 Å². The number of hydrogen-bond donors (Lipinski definition) is 8. The number of carboxylic acids is 1. The number of nitrogens with one attached hydrogen (secondary N) is 3. The third kappa shape index (κ3) is 9.43. The van der Waals surface area contributed by atoms with Crippen LogP contribution in [0.4, 0.5) is 4.79 Å². The van der Waals surface area contributed by atoms with Crippen LogP contribution in [0.1, 0.15) is 13.3 Å². The average molecular weight is 394 g/mol. The summed E-state index contributed by atoms with van der Waals surface area (Å²) in [6, 6.07) is -3.98. The summed E-state index contributed by atoms with van der Waals surface area (Å²) in [5.74, 6) is -2.10. The van der Waals surface area contributed by atoms with Crippen LogP contribution in [0.5, 0.6) is 0 Å². The lowest BCUT2D eigenvalue weighted by atomic mass is 10.2. The summed E-state index contributed by atoms with van der Waals surface area (Å²) in [4.78, 5) is 34.0. The molecule has 0 aliphatic carbocycles. The standard InChI is InChI=1S/C13H26N6O6S/c1-6(21)10(15)11(26)18-19(2)4-7(3-9(14)22)16-13(25)17-8(5-20)12(23)24/h6-8,10,20-21H,3-5,15H2,1-2H3,(H2,14,22)(H,18,26)(H,23,24)(H2,16,17,25). The van der Waals surface area contributed by atoms with Crippen molar-refractivity contribution in [2.24, 2.45) is 11.5 Å². The van der Waals surface area contributed by atoms with Crippen LogP contribution >= 0.6 is 12.2 Å². The van der Waals surface area contributed by atoms with E-state index in [9.17, 15) is 19.5 Å². The van der Waals surface area contributed by atoms with Gasteiger partial charge in [-0.25, -0.2) is 14.6 Å². The van der Waals surface area contributed by atoms with E-state index in [-0.39, 0.29) is 18.0 Å². The minimum Gasteiger partial charge on any atom is -0.480 e. The lowest BCUT2D eigenvalue weighted by Crippen LogP contribution is -2.56. The van der Waals surface area contributed by atoms with Crippen LogP contribution in [-0.2, 0) is 9.59 Å². The van der Waals surface area contributed by atoms with Crippen molar-refractivity contribution in [1.29, 1.82) is 0 Å². The van der Waals surface area contributed by atoms with E-state index >= 15 is 0 Å². The number of rotatable bonds is 11. The van der Waals surface area contributed by atoms with Crippen molar-refractivity contribution in [2.75, 3.05) is 20.2 Å². The summed E-state index contributed by atoms with van der Waals surface area (Å²) in [7, 11) is 1.56. The van der Waals surface area contributed by atoms with Crippen molar-refractivity contribution >= 4 is 35.1 Å². The summed E-state index contributed by atoms with van der Waals surface area (Å²) >= 11 is 5.04. The number of carboxylic acid groups (broad SMARTS) is 1. The number of urea groups is 1. The van der Waals surface area contributed by atoms with Crippen LogP contribution in [0.25, 0.3) is 0 Å². The first-order valence-electron chi connectivity index (χ1n) is 7.62. The quantitative estimate of drug-likeness (QED) is 0.128. The molecule has 0 radical (unpaired) electrons. The number of carbonyl (C=O) groups excluding carboxylic acids is 2. The molecule has 0 bridgehead atoms. The molecule has 0 fully saturated rings. The molecule has 0 saturated heterocycles. The van der Waals surface area contributed by atoms with Crippen LogP contribution in [0.2, 0.25) is 0 Å². The van der Waals surface area contributed by atoms with E-state index in [4.69, 9.17) is 33.9 Å². The van der Waals surface area contributed by atoms with E-state index in [2.05, 4.69) is 10.7 Å². The van der Waals surface area contributed by atoms with Gasteiger partial charge in [0.2, 0.25) is 5.91 Å². The Kier molecular flexibility index (Phi) is 10.6. The fraction of sp³-hybridized carbons (Fsp3) is 0.692. The zero-order valence-electron chi connectivity index (χ0n) is 14.5. The predicted molar refractivity (Wildman–Crippen MR) is 95.8 cm³/mol. The van der Waals surface area contributed by atoms with E-state index < -0.39 is 48.7 Å². The zero-order chi connectivity index (χ0) is 20.4. The Bertz CT molecular complexity index is 519. The van der Waals surface area contributed by atoms with Crippen LogP contribution in [0.15, 0.2) is 0 Å². The second kappa shape index (κ2) is 11.5. The van der Waals surface area contributed by atoms with Crippen LogP contribution < -0.4 is 27.5 Å². The number of likely N-dealkylation sites (N-methyl/N-ethyl adjacent to an activating group) is 1. The summed E-state index contributed by atoms with van der Waals surface area (Å²) < 4.78 is 0. The zero-order valence-corrected chi connectivity index (χ0v) is 15.3. The molecule has 13 heteroatoms. The highest BCUT2D eigenvalue weighted by Gasteiger charge is 2.23. The first-order chi connectivity index (χ1) is 12.0.